The molecule has 1 aliphatic heterocycles. The van der Waals surface area contributed by atoms with Crippen LogP contribution in [0.2, 0.25) is 0 Å². The maximum Gasteiger partial charge on any atom is 0.264 e. The first-order valence-corrected chi connectivity index (χ1v) is 8.13. The number of hydrogen-bond acceptors (Lipinski definition) is 3. The number of fused-ring (bicyclic) bond motifs is 1. The highest BCUT2D eigenvalue weighted by molar-refractivity contribution is 7.14. The van der Waals surface area contributed by atoms with Crippen molar-refractivity contribution in [2.45, 2.75) is 45.1 Å². The number of likely N-dealkylation sites (tertiary alicyclic amines) is 1. The summed E-state index contributed by atoms with van der Waals surface area (Å²) < 4.78 is 0. The van der Waals surface area contributed by atoms with Crippen molar-refractivity contribution in [2.75, 3.05) is 13.1 Å². The first-order chi connectivity index (χ1) is 9.15. The number of amides is 1. The van der Waals surface area contributed by atoms with Gasteiger partial charge in [0.25, 0.3) is 5.91 Å². The quantitative estimate of drug-likeness (QED) is 0.802. The summed E-state index contributed by atoms with van der Waals surface area (Å²) in [6, 6.07) is 2.28. The molecule has 1 fully saturated rings. The molecular weight excluding hydrogens is 256 g/mol. The van der Waals surface area contributed by atoms with Crippen LogP contribution in [-0.4, -0.2) is 29.9 Å². The lowest BCUT2D eigenvalue weighted by molar-refractivity contribution is 0.0791. The summed E-state index contributed by atoms with van der Waals surface area (Å²) in [7, 11) is 0. The van der Waals surface area contributed by atoms with Gasteiger partial charge in [-0.25, -0.2) is 0 Å². The van der Waals surface area contributed by atoms with Crippen LogP contribution in [0.4, 0.5) is 0 Å². The Morgan fingerprint density at radius 1 is 1.32 bits per heavy atom. The topological polar surface area (TPSA) is 46.3 Å². The van der Waals surface area contributed by atoms with Gasteiger partial charge in [-0.3, -0.25) is 4.79 Å². The first kappa shape index (κ1) is 13.1. The minimum Gasteiger partial charge on any atom is -0.336 e. The van der Waals surface area contributed by atoms with Crippen molar-refractivity contribution in [2.24, 2.45) is 11.7 Å². The van der Waals surface area contributed by atoms with Gasteiger partial charge in [-0.1, -0.05) is 13.3 Å². The predicted molar refractivity (Wildman–Crippen MR) is 78.6 cm³/mol. The van der Waals surface area contributed by atoms with Crippen LogP contribution in [-0.2, 0) is 12.8 Å². The zero-order valence-corrected chi connectivity index (χ0v) is 12.3. The van der Waals surface area contributed by atoms with Gasteiger partial charge < -0.3 is 10.6 Å². The maximum atomic E-state index is 12.5. The lowest BCUT2D eigenvalue weighted by Crippen LogP contribution is -2.31. The van der Waals surface area contributed by atoms with E-state index in [0.717, 1.165) is 24.3 Å². The van der Waals surface area contributed by atoms with Gasteiger partial charge in [-0.05, 0) is 43.2 Å². The van der Waals surface area contributed by atoms with Crippen LogP contribution < -0.4 is 5.73 Å². The van der Waals surface area contributed by atoms with Crippen LogP contribution in [0.5, 0.6) is 0 Å². The number of hydrogen-bond donors (Lipinski definition) is 1. The van der Waals surface area contributed by atoms with Gasteiger partial charge >= 0.3 is 0 Å². The molecule has 104 valence electrons. The summed E-state index contributed by atoms with van der Waals surface area (Å²) in [4.78, 5) is 16.8. The zero-order chi connectivity index (χ0) is 13.4. The molecule has 0 aromatic carbocycles. The largest absolute Gasteiger partial charge is 0.336 e. The number of rotatable bonds is 1. The molecular formula is C15H22N2OS. The van der Waals surface area contributed by atoms with Crippen molar-refractivity contribution in [3.63, 3.8) is 0 Å². The Morgan fingerprint density at radius 2 is 2.11 bits per heavy atom. The first-order valence-electron chi connectivity index (χ1n) is 7.31. The molecule has 0 radical (unpaired) electrons. The van der Waals surface area contributed by atoms with E-state index in [-0.39, 0.29) is 11.9 Å². The predicted octanol–water partition coefficient (Wildman–Crippen LogP) is 2.44. The highest BCUT2D eigenvalue weighted by Gasteiger charge is 2.31. The molecule has 1 aromatic rings. The highest BCUT2D eigenvalue weighted by atomic mass is 32.1. The van der Waals surface area contributed by atoms with Crippen molar-refractivity contribution in [1.82, 2.24) is 4.90 Å². The summed E-state index contributed by atoms with van der Waals surface area (Å²) in [5.41, 5.74) is 7.43. The van der Waals surface area contributed by atoms with E-state index in [1.54, 1.807) is 11.3 Å². The van der Waals surface area contributed by atoms with Crippen molar-refractivity contribution < 1.29 is 4.79 Å². The third-order valence-electron chi connectivity index (χ3n) is 4.42. The van der Waals surface area contributed by atoms with Crippen molar-refractivity contribution in [1.29, 1.82) is 0 Å². The molecule has 2 unspecified atom stereocenters. The number of thiophene rings is 1. The fraction of sp³-hybridized carbons (Fsp3) is 0.667. The van der Waals surface area contributed by atoms with E-state index in [9.17, 15) is 4.79 Å². The molecule has 2 N–H and O–H groups in total. The Hall–Kier alpha value is -0.870. The Balaban J connectivity index is 1.77. The van der Waals surface area contributed by atoms with E-state index < -0.39 is 0 Å². The monoisotopic (exact) mass is 278 g/mol. The van der Waals surface area contributed by atoms with E-state index in [0.29, 0.717) is 12.5 Å². The third-order valence-corrected chi connectivity index (χ3v) is 5.64. The normalized spacial score (nSPS) is 27.2. The molecule has 3 rings (SSSR count). The molecule has 1 amide bonds. The molecule has 0 bridgehead atoms. The fourth-order valence-corrected chi connectivity index (χ4v) is 4.31. The lowest BCUT2D eigenvalue weighted by atomic mass is 10.1. The number of nitrogens with two attached hydrogens (primary N) is 1. The van der Waals surface area contributed by atoms with Crippen LogP contribution in [0.25, 0.3) is 0 Å². The molecule has 2 aliphatic rings. The standard InChI is InChI=1S/C15H22N2OS/c1-10-8-17(9-12(10)16)15(18)14-7-11-5-3-2-4-6-13(11)19-14/h7,10,12H,2-6,8-9,16H2,1H3. The summed E-state index contributed by atoms with van der Waals surface area (Å²) in [5.74, 6) is 0.611. The number of nitrogens with zero attached hydrogens (tertiary/aromatic N) is 1. The molecule has 19 heavy (non-hydrogen) atoms. The zero-order valence-electron chi connectivity index (χ0n) is 11.5. The van der Waals surface area contributed by atoms with Gasteiger partial charge in [-0.2, -0.15) is 0 Å². The second kappa shape index (κ2) is 5.25. The van der Waals surface area contributed by atoms with E-state index in [2.05, 4.69) is 13.0 Å². The van der Waals surface area contributed by atoms with Crippen LogP contribution in [0.3, 0.4) is 0 Å². The molecule has 4 heteroatoms. The Kier molecular flexibility index (Phi) is 3.63. The van der Waals surface area contributed by atoms with Gasteiger partial charge in [0.1, 0.15) is 0 Å². The van der Waals surface area contributed by atoms with Crippen molar-refractivity contribution in [3.05, 3.63) is 21.4 Å². The Labute approximate surface area is 118 Å². The lowest BCUT2D eigenvalue weighted by Gasteiger charge is -2.14. The Bertz CT molecular complexity index is 449. The molecule has 3 nitrogen and oxygen atoms in total. The SMILES string of the molecule is CC1CN(C(=O)c2cc3c(s2)CCCCC3)CC1N. The van der Waals surface area contributed by atoms with Gasteiger partial charge in [0, 0.05) is 24.0 Å². The van der Waals surface area contributed by atoms with E-state index in [1.807, 2.05) is 4.90 Å². The summed E-state index contributed by atoms with van der Waals surface area (Å²) >= 11 is 1.71. The summed E-state index contributed by atoms with van der Waals surface area (Å²) in [6.45, 7) is 3.65. The van der Waals surface area contributed by atoms with Crippen LogP contribution in [0.1, 0.15) is 46.3 Å². The second-order valence-corrected chi connectivity index (χ2v) is 7.11. The van der Waals surface area contributed by atoms with Gasteiger partial charge in [0.2, 0.25) is 0 Å². The highest BCUT2D eigenvalue weighted by Crippen LogP contribution is 2.30. The average Bonchev–Trinajstić information content (AvgIpc) is 2.87. The maximum absolute atomic E-state index is 12.5. The van der Waals surface area contributed by atoms with Crippen molar-refractivity contribution in [3.8, 4) is 0 Å². The van der Waals surface area contributed by atoms with E-state index in [1.165, 1.54) is 29.7 Å². The molecule has 2 atom stereocenters. The van der Waals surface area contributed by atoms with Gasteiger partial charge in [0.05, 0.1) is 4.88 Å². The van der Waals surface area contributed by atoms with Crippen molar-refractivity contribution >= 4 is 17.2 Å². The molecule has 0 saturated carbocycles. The molecule has 1 aromatic heterocycles. The average molecular weight is 278 g/mol. The number of carbonyl (C=O) groups excluding carboxylic acids is 1. The van der Waals surface area contributed by atoms with Gasteiger partial charge in [-0.15, -0.1) is 11.3 Å². The molecule has 2 heterocycles. The summed E-state index contributed by atoms with van der Waals surface area (Å²) in [5, 5.41) is 0. The molecule has 1 aliphatic carbocycles. The van der Waals surface area contributed by atoms with Crippen LogP contribution >= 0.6 is 11.3 Å². The minimum absolute atomic E-state index is 0.140. The summed E-state index contributed by atoms with van der Waals surface area (Å²) in [6.07, 6.45) is 6.16. The smallest absolute Gasteiger partial charge is 0.264 e. The molecule has 1 saturated heterocycles. The molecule has 0 spiro atoms. The van der Waals surface area contributed by atoms with E-state index >= 15 is 0 Å². The number of aryl methyl sites for hydroxylation is 2. The van der Waals surface area contributed by atoms with Crippen LogP contribution in [0, 0.1) is 5.92 Å². The number of carbonyl (C=O) groups is 1. The Morgan fingerprint density at radius 3 is 2.84 bits per heavy atom. The second-order valence-electron chi connectivity index (χ2n) is 5.97. The third kappa shape index (κ3) is 2.56. The van der Waals surface area contributed by atoms with Gasteiger partial charge in [0.15, 0.2) is 0 Å². The van der Waals surface area contributed by atoms with Crippen LogP contribution in [0.15, 0.2) is 6.07 Å². The fourth-order valence-electron chi connectivity index (χ4n) is 3.09. The van der Waals surface area contributed by atoms with E-state index in [4.69, 9.17) is 5.73 Å². The minimum atomic E-state index is 0.140.